The van der Waals surface area contributed by atoms with E-state index in [-0.39, 0.29) is 0 Å². The third kappa shape index (κ3) is 9.72. The van der Waals surface area contributed by atoms with Crippen LogP contribution in [-0.4, -0.2) is 29.1 Å². The molecule has 0 atom stereocenters. The van der Waals surface area contributed by atoms with E-state index < -0.39 is 0 Å². The lowest BCUT2D eigenvalue weighted by Crippen LogP contribution is -2.00. The summed E-state index contributed by atoms with van der Waals surface area (Å²) in [6, 6.07) is 74.3. The highest BCUT2D eigenvalue weighted by atomic mass is 15.1. The van der Waals surface area contributed by atoms with Crippen molar-refractivity contribution in [3.05, 3.63) is 229 Å². The van der Waals surface area contributed by atoms with Gasteiger partial charge in [0, 0.05) is 33.6 Å². The van der Waals surface area contributed by atoms with Crippen LogP contribution in [0.15, 0.2) is 206 Å². The van der Waals surface area contributed by atoms with Crippen molar-refractivity contribution in [3.8, 4) is 78.9 Å². The van der Waals surface area contributed by atoms with Crippen LogP contribution in [0.4, 0.5) is 0 Å². The van der Waals surface area contributed by atoms with Crippen molar-refractivity contribution in [1.82, 2.24) is 29.1 Å². The van der Waals surface area contributed by atoms with E-state index in [1.54, 1.807) is 0 Å². The highest BCUT2D eigenvalue weighted by Gasteiger charge is 2.22. The molecule has 0 saturated carbocycles. The lowest BCUT2D eigenvalue weighted by molar-refractivity contribution is 0.790. The molecule has 384 valence electrons. The van der Waals surface area contributed by atoms with Crippen LogP contribution in [0.1, 0.15) is 88.5 Å². The number of aromatic nitrogens is 6. The average Bonchev–Trinajstić information content (AvgIpc) is 4.21. The van der Waals surface area contributed by atoms with Crippen LogP contribution in [0.2, 0.25) is 0 Å². The summed E-state index contributed by atoms with van der Waals surface area (Å²) in [5, 5.41) is 0. The van der Waals surface area contributed by atoms with Crippen LogP contribution in [0, 0.1) is 0 Å². The second-order valence-corrected chi connectivity index (χ2v) is 20.8. The van der Waals surface area contributed by atoms with Gasteiger partial charge >= 0.3 is 0 Å². The molecule has 0 saturated heterocycles. The summed E-state index contributed by atoms with van der Waals surface area (Å²) in [5.74, 6) is 1.95. The predicted molar refractivity (Wildman–Crippen MR) is 327 cm³/mol. The van der Waals surface area contributed by atoms with Crippen molar-refractivity contribution in [2.45, 2.75) is 91.9 Å². The van der Waals surface area contributed by atoms with Gasteiger partial charge in [-0.3, -0.25) is 9.13 Å². The van der Waals surface area contributed by atoms with E-state index in [9.17, 15) is 0 Å². The number of benzene rings is 9. The van der Waals surface area contributed by atoms with Gasteiger partial charge in [-0.15, -0.1) is 0 Å². The van der Waals surface area contributed by atoms with Crippen molar-refractivity contribution in [3.63, 3.8) is 0 Å². The van der Waals surface area contributed by atoms with Crippen LogP contribution < -0.4 is 0 Å². The molecular weight excluding hydrogens is 949 g/mol. The van der Waals surface area contributed by atoms with E-state index in [1.807, 2.05) is 24.3 Å². The second-order valence-electron chi connectivity index (χ2n) is 20.8. The van der Waals surface area contributed by atoms with Crippen LogP contribution in [0.3, 0.4) is 0 Å². The lowest BCUT2D eigenvalue weighted by Gasteiger charge is -2.14. The topological polar surface area (TPSA) is 61.4 Å². The predicted octanol–water partition coefficient (Wildman–Crippen LogP) is 18.9. The summed E-state index contributed by atoms with van der Waals surface area (Å²) in [6.07, 6.45) is 10.9. The molecule has 0 amide bonds. The van der Waals surface area contributed by atoms with Crippen LogP contribution >= 0.6 is 0 Å². The van der Waals surface area contributed by atoms with Gasteiger partial charge in [-0.25, -0.2) is 19.9 Å². The zero-order valence-electron chi connectivity index (χ0n) is 45.4. The first kappa shape index (κ1) is 50.1. The van der Waals surface area contributed by atoms with Gasteiger partial charge in [0.05, 0.1) is 44.5 Å². The maximum atomic E-state index is 5.49. The number of imidazole rings is 2. The first-order valence-electron chi connectivity index (χ1n) is 28.4. The van der Waals surface area contributed by atoms with E-state index in [2.05, 4.69) is 219 Å². The van der Waals surface area contributed by atoms with Crippen molar-refractivity contribution in [2.75, 3.05) is 0 Å². The van der Waals surface area contributed by atoms with Crippen molar-refractivity contribution < 1.29 is 0 Å². The Labute approximate surface area is 459 Å². The summed E-state index contributed by atoms with van der Waals surface area (Å²) < 4.78 is 4.79. The van der Waals surface area contributed by atoms with Gasteiger partial charge < -0.3 is 0 Å². The molecule has 6 nitrogen and oxygen atoms in total. The van der Waals surface area contributed by atoms with E-state index in [4.69, 9.17) is 19.9 Å². The fraction of sp³-hybridized carbons (Fsp3) is 0.194. The molecule has 0 aliphatic carbocycles. The minimum Gasteiger partial charge on any atom is -0.292 e. The normalized spacial score (nSPS) is 11.6. The molecule has 0 unspecified atom stereocenters. The van der Waals surface area contributed by atoms with Crippen LogP contribution in [0.25, 0.3) is 112 Å². The highest BCUT2D eigenvalue weighted by Crippen LogP contribution is 2.39. The first-order valence-corrected chi connectivity index (χ1v) is 28.4. The SMILES string of the molecule is CCCCc1ccc(CCCC)c2c1nc(-c1ccc(-c3ccc(-c4nc5ccccc5nc4-c4ccc(-c5ccc(-c6nc7c(CC)ccc(CCCC)c7n6-c6ccccc6)cc5)cc4)cc3)cc1)n2-c1ccccc1. The molecule has 0 N–H and O–H groups in total. The smallest absolute Gasteiger partial charge is 0.145 e. The summed E-state index contributed by atoms with van der Waals surface area (Å²) in [7, 11) is 0. The number of nitrogens with zero attached hydrogens (tertiary/aromatic N) is 6. The molecule has 9 aromatic carbocycles. The highest BCUT2D eigenvalue weighted by molar-refractivity contribution is 5.91. The maximum absolute atomic E-state index is 5.49. The Balaban J connectivity index is 0.846. The van der Waals surface area contributed by atoms with Gasteiger partial charge in [0.15, 0.2) is 0 Å². The summed E-state index contributed by atoms with van der Waals surface area (Å²) in [6.45, 7) is 9.02. The number of fused-ring (bicyclic) bond motifs is 3. The minimum absolute atomic E-state index is 0.856. The fourth-order valence-corrected chi connectivity index (χ4v) is 11.3. The third-order valence-electron chi connectivity index (χ3n) is 15.6. The molecule has 6 heteroatoms. The largest absolute Gasteiger partial charge is 0.292 e. The Morgan fingerprint density at radius 2 is 0.615 bits per heavy atom. The lowest BCUT2D eigenvalue weighted by atomic mass is 9.97. The molecule has 78 heavy (non-hydrogen) atoms. The van der Waals surface area contributed by atoms with Gasteiger partial charge in [-0.1, -0.05) is 217 Å². The Morgan fingerprint density at radius 3 is 1.00 bits per heavy atom. The quantitative estimate of drug-likeness (QED) is 0.0859. The molecule has 3 aromatic heterocycles. The number of hydrogen-bond donors (Lipinski definition) is 0. The van der Waals surface area contributed by atoms with Gasteiger partial charge in [0.2, 0.25) is 0 Å². The maximum Gasteiger partial charge on any atom is 0.145 e. The van der Waals surface area contributed by atoms with Gasteiger partial charge in [-0.05, 0) is 126 Å². The Morgan fingerprint density at radius 1 is 0.295 bits per heavy atom. The summed E-state index contributed by atoms with van der Waals surface area (Å²) in [4.78, 5) is 21.5. The van der Waals surface area contributed by atoms with Crippen LogP contribution in [0.5, 0.6) is 0 Å². The number of aryl methyl sites for hydroxylation is 4. The van der Waals surface area contributed by atoms with E-state index in [1.165, 1.54) is 33.3 Å². The third-order valence-corrected chi connectivity index (χ3v) is 15.6. The molecule has 0 aliphatic rings. The van der Waals surface area contributed by atoms with E-state index >= 15 is 0 Å². The van der Waals surface area contributed by atoms with Gasteiger partial charge in [0.25, 0.3) is 0 Å². The van der Waals surface area contributed by atoms with Crippen molar-refractivity contribution >= 4 is 33.1 Å². The first-order chi connectivity index (χ1) is 38.5. The molecule has 12 aromatic rings. The molecule has 0 fully saturated rings. The Bertz CT molecular complexity index is 4020. The summed E-state index contributed by atoms with van der Waals surface area (Å²) >= 11 is 0. The number of rotatable bonds is 18. The van der Waals surface area contributed by atoms with E-state index in [0.717, 1.165) is 165 Å². The number of unbranched alkanes of at least 4 members (excludes halogenated alkanes) is 3. The van der Waals surface area contributed by atoms with Crippen molar-refractivity contribution in [1.29, 1.82) is 0 Å². The minimum atomic E-state index is 0.856. The second kappa shape index (κ2) is 22.5. The molecular formula is C72H66N6. The molecule has 0 bridgehead atoms. The molecule has 12 rings (SSSR count). The standard InChI is InChI=1S/C72H66N6/c1-5-9-20-54-42-44-58(22-11-7-3)70-68(54)76-72(78(70)62-25-16-13-17-26-62)60-47-36-53(37-48-60)51-32-40-56(41-33-51)66-65(73-63-27-18-19-28-64(63)74-66)55-38-30-50(31-39-55)52-34-45-59(46-35-52)71-75-67-49(8-4)29-43-57(21-10-6-2)69(67)77(71)61-23-14-12-15-24-61/h12-19,23-48H,5-11,20-22H2,1-4H3. The monoisotopic (exact) mass is 1010 g/mol. The van der Waals surface area contributed by atoms with Gasteiger partial charge in [0.1, 0.15) is 11.6 Å². The fourth-order valence-electron chi connectivity index (χ4n) is 11.3. The molecule has 0 radical (unpaired) electrons. The molecule has 0 aliphatic heterocycles. The number of hydrogen-bond acceptors (Lipinski definition) is 4. The van der Waals surface area contributed by atoms with Crippen molar-refractivity contribution in [2.24, 2.45) is 0 Å². The Kier molecular flexibility index (Phi) is 14.4. The Hall–Kier alpha value is -8.74. The van der Waals surface area contributed by atoms with Crippen LogP contribution in [-0.2, 0) is 25.7 Å². The zero-order chi connectivity index (χ0) is 53.0. The molecule has 0 spiro atoms. The zero-order valence-corrected chi connectivity index (χ0v) is 45.4. The number of para-hydroxylation sites is 4. The van der Waals surface area contributed by atoms with Gasteiger partial charge in [-0.2, -0.15) is 0 Å². The average molecular weight is 1020 g/mol. The van der Waals surface area contributed by atoms with E-state index in [0.29, 0.717) is 0 Å². The summed E-state index contributed by atoms with van der Waals surface area (Å²) in [5.41, 5.74) is 24.5. The molecule has 3 heterocycles.